The lowest BCUT2D eigenvalue weighted by atomic mass is 11.0. The van der Waals surface area contributed by atoms with Crippen LogP contribution in [0.25, 0.3) is 0 Å². The van der Waals surface area contributed by atoms with Crippen molar-refractivity contribution in [1.82, 2.24) is 5.43 Å². The van der Waals surface area contributed by atoms with Gasteiger partial charge in [-0.05, 0) is 0 Å². The Labute approximate surface area is 57.0 Å². The lowest BCUT2D eigenvalue weighted by molar-refractivity contribution is 0.987. The van der Waals surface area contributed by atoms with E-state index in [9.17, 15) is 0 Å². The van der Waals surface area contributed by atoms with Crippen LogP contribution in [0.15, 0.2) is 9.46 Å². The summed E-state index contributed by atoms with van der Waals surface area (Å²) in [5.74, 6) is -0.434. The summed E-state index contributed by atoms with van der Waals surface area (Å²) >= 11 is 4.11. The Morgan fingerprint density at radius 3 is 2.44 bits per heavy atom. The van der Waals surface area contributed by atoms with Gasteiger partial charge in [-0.15, -0.1) is 9.46 Å². The molecular weight excluding hydrogens is 140 g/mol. The number of hydrazone groups is 1. The van der Waals surface area contributed by atoms with E-state index in [0.717, 1.165) is 0 Å². The molecule has 0 aliphatic carbocycles. The molecule has 0 unspecified atom stereocenters. The van der Waals surface area contributed by atoms with E-state index in [2.05, 4.69) is 27.3 Å². The van der Waals surface area contributed by atoms with Crippen molar-refractivity contribution in [3.63, 3.8) is 0 Å². The Balaban J connectivity index is 3.63. The molecule has 6 N–H and O–H groups in total. The maximum absolute atomic E-state index is 6.73. The first kappa shape index (κ1) is 7.76. The van der Waals surface area contributed by atoms with Gasteiger partial charge < -0.3 is 11.5 Å². The maximum atomic E-state index is 6.73. The van der Waals surface area contributed by atoms with Crippen LogP contribution in [0.1, 0.15) is 0 Å². The molecule has 0 aromatic carbocycles. The summed E-state index contributed by atoms with van der Waals surface area (Å²) in [4.78, 5) is 0. The molecule has 0 aliphatic rings. The van der Waals surface area contributed by atoms with Crippen LogP contribution in [0.5, 0.6) is 0 Å². The zero-order valence-electron chi connectivity index (χ0n) is 4.46. The molecule has 0 fully saturated rings. The van der Waals surface area contributed by atoms with Gasteiger partial charge in [0, 0.05) is 12.4 Å². The fraction of sp³-hybridized carbons (Fsp3) is 0. The molecule has 0 aliphatic heterocycles. The summed E-state index contributed by atoms with van der Waals surface area (Å²) in [5, 5.41) is 9.96. The Bertz CT molecular complexity index is 145. The van der Waals surface area contributed by atoms with Crippen LogP contribution in [0.4, 0.5) is 0 Å². The molecular formula is C2H6N6S. The fourth-order valence-electron chi connectivity index (χ4n) is 0.138. The maximum Gasteiger partial charge on any atom is 0.247 e. The zero-order chi connectivity index (χ0) is 7.28. The standard InChI is InChI=1S/C2H6N6S/c3-1(4)6-7-2(5)8-9/h(H2,5,7)(H4,3,4,6). The van der Waals surface area contributed by atoms with Crippen molar-refractivity contribution in [2.45, 2.75) is 0 Å². The summed E-state index contributed by atoms with van der Waals surface area (Å²) in [6.45, 7) is 0. The topological polar surface area (TPSA) is 113 Å². The summed E-state index contributed by atoms with van der Waals surface area (Å²) < 4.78 is 3.00. The van der Waals surface area contributed by atoms with Gasteiger partial charge in [-0.25, -0.2) is 5.43 Å². The highest BCUT2D eigenvalue weighted by Crippen LogP contribution is 1.64. The monoisotopic (exact) mass is 146 g/mol. The molecule has 0 aromatic rings. The van der Waals surface area contributed by atoms with E-state index >= 15 is 0 Å². The molecule has 0 rings (SSSR count). The average molecular weight is 146 g/mol. The number of guanidine groups is 2. The molecule has 9 heavy (non-hydrogen) atoms. The predicted octanol–water partition coefficient (Wildman–Crippen LogP) is -1.57. The first-order valence-corrected chi connectivity index (χ1v) is 2.30. The Kier molecular flexibility index (Phi) is 3.21. The second-order valence-corrected chi connectivity index (χ2v) is 1.27. The Hall–Kier alpha value is -1.24. The first-order chi connectivity index (χ1) is 4.16. The van der Waals surface area contributed by atoms with Gasteiger partial charge >= 0.3 is 0 Å². The summed E-state index contributed by atoms with van der Waals surface area (Å²) in [5.41, 5.74) is 11.9. The number of nitrogens with two attached hydrogens (primary N) is 2. The largest absolute Gasteiger partial charge is 0.369 e. The van der Waals surface area contributed by atoms with E-state index in [1.807, 2.05) is 0 Å². The van der Waals surface area contributed by atoms with Crippen LogP contribution in [0.2, 0.25) is 0 Å². The summed E-state index contributed by atoms with van der Waals surface area (Å²) in [6, 6.07) is 0. The van der Waals surface area contributed by atoms with Crippen molar-refractivity contribution < 1.29 is 0 Å². The second-order valence-electron chi connectivity index (χ2n) is 1.09. The minimum atomic E-state index is -0.265. The number of nitrogens with one attached hydrogen (secondary N) is 2. The van der Waals surface area contributed by atoms with Crippen LogP contribution in [0, 0.1) is 5.41 Å². The molecule has 6 nitrogen and oxygen atoms in total. The van der Waals surface area contributed by atoms with Gasteiger partial charge in [-0.1, -0.05) is 0 Å². The smallest absolute Gasteiger partial charge is 0.247 e. The summed E-state index contributed by atoms with van der Waals surface area (Å²) in [6.07, 6.45) is 0. The molecule has 0 saturated carbocycles. The second kappa shape index (κ2) is 3.72. The molecule has 50 valence electrons. The zero-order valence-corrected chi connectivity index (χ0v) is 5.27. The van der Waals surface area contributed by atoms with Crippen LogP contribution in [-0.2, 0) is 12.4 Å². The fourth-order valence-corrected chi connectivity index (χ4v) is 0.179. The summed E-state index contributed by atoms with van der Waals surface area (Å²) in [7, 11) is 0. The van der Waals surface area contributed by atoms with E-state index < -0.39 is 0 Å². The molecule has 7 heteroatoms. The predicted molar refractivity (Wildman–Crippen MR) is 36.5 cm³/mol. The minimum absolute atomic E-state index is 0.168. The van der Waals surface area contributed by atoms with Gasteiger partial charge in [-0.3, -0.25) is 5.41 Å². The Morgan fingerprint density at radius 2 is 2.11 bits per heavy atom. The van der Waals surface area contributed by atoms with Gasteiger partial charge in [-0.2, -0.15) is 0 Å². The van der Waals surface area contributed by atoms with Crippen molar-refractivity contribution in [3.8, 4) is 0 Å². The van der Waals surface area contributed by atoms with Gasteiger partial charge in [0.2, 0.25) is 11.9 Å². The molecule has 0 aromatic heterocycles. The molecule has 0 heterocycles. The molecule has 0 bridgehead atoms. The number of hydrogen-bond acceptors (Lipinski definition) is 3. The molecule has 0 atom stereocenters. The van der Waals surface area contributed by atoms with Gasteiger partial charge in [0.25, 0.3) is 0 Å². The lowest BCUT2D eigenvalue weighted by Gasteiger charge is -1.92. The van der Waals surface area contributed by atoms with Crippen LogP contribution >= 0.6 is 0 Å². The quantitative estimate of drug-likeness (QED) is 0.203. The molecule has 0 amide bonds. The van der Waals surface area contributed by atoms with E-state index in [4.69, 9.17) is 16.9 Å². The Morgan fingerprint density at radius 1 is 1.56 bits per heavy atom. The van der Waals surface area contributed by atoms with Crippen molar-refractivity contribution in [1.29, 1.82) is 5.41 Å². The highest BCUT2D eigenvalue weighted by Gasteiger charge is 1.84. The third-order valence-corrected chi connectivity index (χ3v) is 0.565. The van der Waals surface area contributed by atoms with E-state index in [1.54, 1.807) is 0 Å². The third-order valence-electron chi connectivity index (χ3n) is 0.382. The first-order valence-electron chi connectivity index (χ1n) is 1.93. The normalized spacial score (nSPS) is 7.56. The minimum Gasteiger partial charge on any atom is -0.369 e. The molecule has 0 radical (unpaired) electrons. The highest BCUT2D eigenvalue weighted by atomic mass is 32.1. The lowest BCUT2D eigenvalue weighted by Crippen LogP contribution is -2.27. The number of nitrogens with zero attached hydrogens (tertiary/aromatic N) is 2. The van der Waals surface area contributed by atoms with E-state index in [1.165, 1.54) is 0 Å². The van der Waals surface area contributed by atoms with Crippen LogP contribution < -0.4 is 16.9 Å². The van der Waals surface area contributed by atoms with Gasteiger partial charge in [0.1, 0.15) is 0 Å². The van der Waals surface area contributed by atoms with E-state index in [-0.39, 0.29) is 11.9 Å². The van der Waals surface area contributed by atoms with E-state index in [0.29, 0.717) is 0 Å². The van der Waals surface area contributed by atoms with Crippen molar-refractivity contribution in [2.24, 2.45) is 20.9 Å². The van der Waals surface area contributed by atoms with Crippen molar-refractivity contribution >= 4 is 24.3 Å². The number of hydrogen-bond donors (Lipinski definition) is 4. The average Bonchev–Trinajstić information content (AvgIpc) is 1.83. The molecule has 0 saturated heterocycles. The van der Waals surface area contributed by atoms with Crippen molar-refractivity contribution in [2.75, 3.05) is 0 Å². The number of rotatable bonds is 1. The van der Waals surface area contributed by atoms with Crippen LogP contribution in [0.3, 0.4) is 0 Å². The molecule has 0 spiro atoms. The van der Waals surface area contributed by atoms with Crippen LogP contribution in [-0.4, -0.2) is 11.9 Å². The van der Waals surface area contributed by atoms with Gasteiger partial charge in [0.05, 0.1) is 0 Å². The SMILES string of the molecule is N=C(N=S)NN=C(N)N. The highest BCUT2D eigenvalue weighted by molar-refractivity contribution is 7.47. The van der Waals surface area contributed by atoms with Gasteiger partial charge in [0.15, 0.2) is 0 Å². The van der Waals surface area contributed by atoms with Crippen molar-refractivity contribution in [3.05, 3.63) is 0 Å². The third kappa shape index (κ3) is 4.62.